The number of carbonyl (C=O) groups excluding carboxylic acids is 1. The molecule has 1 saturated heterocycles. The fourth-order valence-electron chi connectivity index (χ4n) is 4.26. The molecule has 1 saturated carbocycles. The van der Waals surface area contributed by atoms with Crippen molar-refractivity contribution in [2.24, 2.45) is 0 Å². The van der Waals surface area contributed by atoms with E-state index in [1.807, 2.05) is 19.9 Å². The van der Waals surface area contributed by atoms with E-state index in [1.54, 1.807) is 6.92 Å². The molecule has 2 fully saturated rings. The van der Waals surface area contributed by atoms with Crippen LogP contribution in [0, 0.1) is 13.8 Å². The van der Waals surface area contributed by atoms with E-state index in [4.69, 9.17) is 4.42 Å². The molecule has 2 atom stereocenters. The van der Waals surface area contributed by atoms with Gasteiger partial charge in [-0.3, -0.25) is 4.90 Å². The van der Waals surface area contributed by atoms with Crippen molar-refractivity contribution in [2.75, 3.05) is 19.6 Å². The third-order valence-electron chi connectivity index (χ3n) is 5.61. The molecule has 2 amide bonds. The van der Waals surface area contributed by atoms with Crippen molar-refractivity contribution in [3.8, 4) is 0 Å². The van der Waals surface area contributed by atoms with Gasteiger partial charge in [-0.15, -0.1) is 0 Å². The SMILES string of the molecule is Cc1cc(C(C)(O)CNC(=O)NC2CCN(C3CCCC3)C2)c(C)o1. The van der Waals surface area contributed by atoms with E-state index < -0.39 is 5.60 Å². The van der Waals surface area contributed by atoms with Gasteiger partial charge < -0.3 is 20.2 Å². The lowest BCUT2D eigenvalue weighted by atomic mass is 9.96. The van der Waals surface area contributed by atoms with Gasteiger partial charge in [0.05, 0.1) is 6.54 Å². The van der Waals surface area contributed by atoms with Crippen molar-refractivity contribution < 1.29 is 14.3 Å². The van der Waals surface area contributed by atoms with Gasteiger partial charge in [0.25, 0.3) is 0 Å². The summed E-state index contributed by atoms with van der Waals surface area (Å²) in [5.74, 6) is 1.45. The molecule has 6 heteroatoms. The molecule has 25 heavy (non-hydrogen) atoms. The van der Waals surface area contributed by atoms with Crippen LogP contribution < -0.4 is 10.6 Å². The van der Waals surface area contributed by atoms with E-state index in [2.05, 4.69) is 15.5 Å². The summed E-state index contributed by atoms with van der Waals surface area (Å²) in [6, 6.07) is 2.52. The second-order valence-electron chi connectivity index (χ2n) is 7.85. The maximum absolute atomic E-state index is 12.2. The third-order valence-corrected chi connectivity index (χ3v) is 5.61. The zero-order valence-electron chi connectivity index (χ0n) is 15.6. The zero-order chi connectivity index (χ0) is 18.0. The summed E-state index contributed by atoms with van der Waals surface area (Å²) in [6.45, 7) is 7.53. The van der Waals surface area contributed by atoms with Gasteiger partial charge in [-0.25, -0.2) is 4.79 Å². The summed E-state index contributed by atoms with van der Waals surface area (Å²) in [5, 5.41) is 16.5. The maximum atomic E-state index is 12.2. The number of amides is 2. The van der Waals surface area contributed by atoms with Crippen LogP contribution in [-0.4, -0.2) is 47.8 Å². The molecule has 0 aromatic carbocycles. The van der Waals surface area contributed by atoms with Crippen molar-refractivity contribution in [1.29, 1.82) is 0 Å². The highest BCUT2D eigenvalue weighted by molar-refractivity contribution is 5.74. The molecule has 1 aromatic rings. The van der Waals surface area contributed by atoms with Crippen molar-refractivity contribution >= 4 is 6.03 Å². The molecule has 0 bridgehead atoms. The summed E-state index contributed by atoms with van der Waals surface area (Å²) in [5.41, 5.74) is -0.427. The molecule has 1 aliphatic heterocycles. The Morgan fingerprint density at radius 1 is 1.36 bits per heavy atom. The number of hydrogen-bond donors (Lipinski definition) is 3. The second kappa shape index (κ2) is 7.38. The zero-order valence-corrected chi connectivity index (χ0v) is 15.6. The molecule has 2 heterocycles. The quantitative estimate of drug-likeness (QED) is 0.763. The van der Waals surface area contributed by atoms with Crippen LogP contribution in [0.1, 0.15) is 56.1 Å². The summed E-state index contributed by atoms with van der Waals surface area (Å²) < 4.78 is 5.48. The van der Waals surface area contributed by atoms with Crippen LogP contribution in [0.5, 0.6) is 0 Å². The normalized spacial score (nSPS) is 24.4. The molecule has 3 N–H and O–H groups in total. The fraction of sp³-hybridized carbons (Fsp3) is 0.737. The Balaban J connectivity index is 1.46. The molecule has 140 valence electrons. The highest BCUT2D eigenvalue weighted by Gasteiger charge is 2.32. The van der Waals surface area contributed by atoms with Crippen LogP contribution in [-0.2, 0) is 5.60 Å². The Hall–Kier alpha value is -1.53. The molecule has 0 spiro atoms. The van der Waals surface area contributed by atoms with Crippen LogP contribution in [0.2, 0.25) is 0 Å². The molecule has 0 radical (unpaired) electrons. The van der Waals surface area contributed by atoms with Crippen molar-refractivity contribution in [2.45, 2.75) is 70.6 Å². The number of likely N-dealkylation sites (tertiary alicyclic amines) is 1. The molecule has 3 rings (SSSR count). The Morgan fingerprint density at radius 3 is 2.72 bits per heavy atom. The first-order chi connectivity index (χ1) is 11.8. The molecule has 1 aromatic heterocycles. The van der Waals surface area contributed by atoms with Gasteiger partial charge >= 0.3 is 6.03 Å². The largest absolute Gasteiger partial charge is 0.466 e. The summed E-state index contributed by atoms with van der Waals surface area (Å²) in [6.07, 6.45) is 6.26. The van der Waals surface area contributed by atoms with Gasteiger partial charge in [-0.05, 0) is 46.1 Å². The standard InChI is InChI=1S/C19H31N3O3/c1-13-10-17(14(2)25-13)19(3,24)12-20-18(23)21-15-8-9-22(11-15)16-6-4-5-7-16/h10,15-16,24H,4-9,11-12H2,1-3H3,(H2,20,21,23). The van der Waals surface area contributed by atoms with Gasteiger partial charge in [0.1, 0.15) is 17.1 Å². The number of urea groups is 1. The van der Waals surface area contributed by atoms with Gasteiger partial charge in [-0.2, -0.15) is 0 Å². The highest BCUT2D eigenvalue weighted by atomic mass is 16.3. The van der Waals surface area contributed by atoms with Crippen molar-refractivity contribution in [3.63, 3.8) is 0 Å². The summed E-state index contributed by atoms with van der Waals surface area (Å²) in [4.78, 5) is 14.7. The monoisotopic (exact) mass is 349 g/mol. The predicted molar refractivity (Wildman–Crippen MR) is 96.5 cm³/mol. The first-order valence-electron chi connectivity index (χ1n) is 9.43. The average Bonchev–Trinajstić information content (AvgIpc) is 3.26. The first kappa shape index (κ1) is 18.3. The smallest absolute Gasteiger partial charge is 0.315 e. The lowest BCUT2D eigenvalue weighted by molar-refractivity contribution is 0.0577. The van der Waals surface area contributed by atoms with Crippen LogP contribution in [0.25, 0.3) is 0 Å². The lowest BCUT2D eigenvalue weighted by Gasteiger charge is -2.25. The molecular formula is C19H31N3O3. The number of aryl methyl sites for hydroxylation is 2. The van der Waals surface area contributed by atoms with Gasteiger partial charge in [0, 0.05) is 30.7 Å². The Labute approximate surface area is 150 Å². The van der Waals surface area contributed by atoms with E-state index in [1.165, 1.54) is 25.7 Å². The second-order valence-corrected chi connectivity index (χ2v) is 7.85. The minimum absolute atomic E-state index is 0.151. The summed E-state index contributed by atoms with van der Waals surface area (Å²) >= 11 is 0. The van der Waals surface area contributed by atoms with Gasteiger partial charge in [-0.1, -0.05) is 12.8 Å². The van der Waals surface area contributed by atoms with E-state index in [-0.39, 0.29) is 18.6 Å². The van der Waals surface area contributed by atoms with Crippen LogP contribution >= 0.6 is 0 Å². The molecular weight excluding hydrogens is 318 g/mol. The van der Waals surface area contributed by atoms with E-state index >= 15 is 0 Å². The van der Waals surface area contributed by atoms with Gasteiger partial charge in [0.2, 0.25) is 0 Å². The Bertz CT molecular complexity index is 605. The van der Waals surface area contributed by atoms with Crippen LogP contribution in [0.15, 0.2) is 10.5 Å². The Kier molecular flexibility index (Phi) is 5.39. The average molecular weight is 349 g/mol. The summed E-state index contributed by atoms with van der Waals surface area (Å²) in [7, 11) is 0. The number of rotatable bonds is 5. The molecule has 6 nitrogen and oxygen atoms in total. The van der Waals surface area contributed by atoms with E-state index in [0.717, 1.165) is 30.8 Å². The maximum Gasteiger partial charge on any atom is 0.315 e. The minimum atomic E-state index is -1.15. The number of nitrogens with one attached hydrogen (secondary N) is 2. The van der Waals surface area contributed by atoms with E-state index in [9.17, 15) is 9.90 Å². The number of hydrogen-bond acceptors (Lipinski definition) is 4. The number of nitrogens with zero attached hydrogens (tertiary/aromatic N) is 1. The molecule has 1 aliphatic carbocycles. The number of furan rings is 1. The predicted octanol–water partition coefficient (Wildman–Crippen LogP) is 2.42. The third kappa shape index (κ3) is 4.36. The molecule has 2 unspecified atom stereocenters. The van der Waals surface area contributed by atoms with Crippen LogP contribution in [0.3, 0.4) is 0 Å². The highest BCUT2D eigenvalue weighted by Crippen LogP contribution is 2.27. The number of aliphatic hydroxyl groups is 1. The van der Waals surface area contributed by atoms with E-state index in [0.29, 0.717) is 11.8 Å². The van der Waals surface area contributed by atoms with Gasteiger partial charge in [0.15, 0.2) is 0 Å². The fourth-order valence-corrected chi connectivity index (χ4v) is 4.26. The Morgan fingerprint density at radius 2 is 2.08 bits per heavy atom. The van der Waals surface area contributed by atoms with Crippen molar-refractivity contribution in [3.05, 3.63) is 23.2 Å². The topological polar surface area (TPSA) is 77.7 Å². The molecule has 2 aliphatic rings. The van der Waals surface area contributed by atoms with Crippen LogP contribution in [0.4, 0.5) is 4.79 Å². The number of carbonyl (C=O) groups is 1. The first-order valence-corrected chi connectivity index (χ1v) is 9.43. The lowest BCUT2D eigenvalue weighted by Crippen LogP contribution is -2.47. The minimum Gasteiger partial charge on any atom is -0.466 e. The van der Waals surface area contributed by atoms with Crippen molar-refractivity contribution in [1.82, 2.24) is 15.5 Å².